The van der Waals surface area contributed by atoms with E-state index < -0.39 is 0 Å². The third-order valence-electron chi connectivity index (χ3n) is 4.35. The van der Waals surface area contributed by atoms with Crippen LogP contribution in [0.5, 0.6) is 0 Å². The van der Waals surface area contributed by atoms with Crippen molar-refractivity contribution < 1.29 is 4.79 Å². The van der Waals surface area contributed by atoms with Crippen molar-refractivity contribution in [2.24, 2.45) is 17.8 Å². The van der Waals surface area contributed by atoms with Crippen LogP contribution in [0.25, 0.3) is 0 Å². The quantitative estimate of drug-likeness (QED) is 0.747. The van der Waals surface area contributed by atoms with Gasteiger partial charge in [-0.1, -0.05) is 20.3 Å². The van der Waals surface area contributed by atoms with Crippen LogP contribution in [-0.2, 0) is 4.79 Å². The molecule has 1 heterocycles. The highest BCUT2D eigenvalue weighted by atomic mass is 16.2. The first-order chi connectivity index (χ1) is 7.68. The summed E-state index contributed by atoms with van der Waals surface area (Å²) >= 11 is 0. The SMILES string of the molecule is CC1CCNCC1NC(=O)C1CCCC1C. The summed E-state index contributed by atoms with van der Waals surface area (Å²) in [5.41, 5.74) is 0. The first-order valence-corrected chi connectivity index (χ1v) is 6.69. The Bertz CT molecular complexity index is 254. The number of rotatable bonds is 2. The summed E-state index contributed by atoms with van der Waals surface area (Å²) in [5, 5.41) is 6.60. The zero-order valence-corrected chi connectivity index (χ0v) is 10.5. The maximum atomic E-state index is 12.1. The fourth-order valence-electron chi connectivity index (χ4n) is 3.01. The average molecular weight is 224 g/mol. The Morgan fingerprint density at radius 1 is 1.19 bits per heavy atom. The van der Waals surface area contributed by atoms with E-state index in [9.17, 15) is 4.79 Å². The smallest absolute Gasteiger partial charge is 0.223 e. The predicted molar refractivity (Wildman–Crippen MR) is 65.1 cm³/mol. The molecule has 0 aromatic heterocycles. The van der Waals surface area contributed by atoms with Gasteiger partial charge in [-0.15, -0.1) is 0 Å². The van der Waals surface area contributed by atoms with Crippen molar-refractivity contribution in [1.29, 1.82) is 0 Å². The Morgan fingerprint density at radius 3 is 2.62 bits per heavy atom. The van der Waals surface area contributed by atoms with Gasteiger partial charge in [-0.3, -0.25) is 4.79 Å². The number of carbonyl (C=O) groups is 1. The van der Waals surface area contributed by atoms with Gasteiger partial charge < -0.3 is 10.6 Å². The minimum atomic E-state index is 0.272. The Labute approximate surface area is 98.4 Å². The summed E-state index contributed by atoms with van der Waals surface area (Å²) in [6.45, 7) is 6.48. The third-order valence-corrected chi connectivity index (χ3v) is 4.35. The van der Waals surface area contributed by atoms with E-state index >= 15 is 0 Å². The van der Waals surface area contributed by atoms with Gasteiger partial charge in [-0.25, -0.2) is 0 Å². The fourth-order valence-corrected chi connectivity index (χ4v) is 3.01. The van der Waals surface area contributed by atoms with Crippen LogP contribution in [0.2, 0.25) is 0 Å². The lowest BCUT2D eigenvalue weighted by Crippen LogP contribution is -2.51. The standard InChI is InChI=1S/C13H24N2O/c1-9-4-3-5-11(9)13(16)15-12-8-14-7-6-10(12)2/h9-12,14H,3-8H2,1-2H3,(H,15,16). The molecule has 1 aliphatic carbocycles. The van der Waals surface area contributed by atoms with Crippen molar-refractivity contribution in [3.63, 3.8) is 0 Å². The summed E-state index contributed by atoms with van der Waals surface area (Å²) < 4.78 is 0. The van der Waals surface area contributed by atoms with Crippen LogP contribution in [0.3, 0.4) is 0 Å². The number of carbonyl (C=O) groups excluding carboxylic acids is 1. The van der Waals surface area contributed by atoms with Gasteiger partial charge in [0.1, 0.15) is 0 Å². The van der Waals surface area contributed by atoms with Crippen molar-refractivity contribution in [2.45, 2.75) is 45.6 Å². The highest BCUT2D eigenvalue weighted by Gasteiger charge is 2.32. The van der Waals surface area contributed by atoms with E-state index in [-0.39, 0.29) is 5.92 Å². The molecule has 2 aliphatic rings. The Morgan fingerprint density at radius 2 is 2.00 bits per heavy atom. The van der Waals surface area contributed by atoms with Crippen LogP contribution in [-0.4, -0.2) is 25.0 Å². The molecule has 1 saturated heterocycles. The lowest BCUT2D eigenvalue weighted by molar-refractivity contribution is -0.127. The van der Waals surface area contributed by atoms with Gasteiger partial charge in [0.25, 0.3) is 0 Å². The number of hydrogen-bond donors (Lipinski definition) is 2. The highest BCUT2D eigenvalue weighted by Crippen LogP contribution is 2.31. The van der Waals surface area contributed by atoms with Crippen LogP contribution < -0.4 is 10.6 Å². The second kappa shape index (κ2) is 5.17. The molecule has 1 saturated carbocycles. The molecular weight excluding hydrogens is 200 g/mol. The van der Waals surface area contributed by atoms with Gasteiger partial charge in [0, 0.05) is 18.5 Å². The van der Waals surface area contributed by atoms with Gasteiger partial charge in [-0.2, -0.15) is 0 Å². The molecule has 1 aliphatic heterocycles. The van der Waals surface area contributed by atoms with Crippen molar-refractivity contribution in [2.75, 3.05) is 13.1 Å². The molecule has 0 radical (unpaired) electrons. The molecule has 0 spiro atoms. The first kappa shape index (κ1) is 11.9. The molecule has 3 nitrogen and oxygen atoms in total. The average Bonchev–Trinajstić information content (AvgIpc) is 2.68. The largest absolute Gasteiger partial charge is 0.352 e. The molecular formula is C13H24N2O. The molecule has 0 aromatic carbocycles. The molecule has 4 atom stereocenters. The van der Waals surface area contributed by atoms with Crippen LogP contribution in [0.4, 0.5) is 0 Å². The normalized spacial score (nSPS) is 39.6. The van der Waals surface area contributed by atoms with E-state index in [4.69, 9.17) is 0 Å². The van der Waals surface area contributed by atoms with Gasteiger partial charge >= 0.3 is 0 Å². The molecule has 92 valence electrons. The van der Waals surface area contributed by atoms with Crippen molar-refractivity contribution in [1.82, 2.24) is 10.6 Å². The maximum absolute atomic E-state index is 12.1. The second-order valence-electron chi connectivity index (χ2n) is 5.60. The number of amides is 1. The van der Waals surface area contributed by atoms with Crippen LogP contribution >= 0.6 is 0 Å². The predicted octanol–water partition coefficient (Wildman–Crippen LogP) is 1.54. The first-order valence-electron chi connectivity index (χ1n) is 6.69. The number of nitrogens with one attached hydrogen (secondary N) is 2. The van der Waals surface area contributed by atoms with E-state index in [0.29, 0.717) is 23.8 Å². The van der Waals surface area contributed by atoms with E-state index in [2.05, 4.69) is 24.5 Å². The Hall–Kier alpha value is -0.570. The molecule has 2 rings (SSSR count). The minimum absolute atomic E-state index is 0.272. The minimum Gasteiger partial charge on any atom is -0.352 e. The lowest BCUT2D eigenvalue weighted by Gasteiger charge is -2.31. The van der Waals surface area contributed by atoms with E-state index in [1.165, 1.54) is 19.3 Å². The van der Waals surface area contributed by atoms with Gasteiger partial charge in [0.2, 0.25) is 5.91 Å². The summed E-state index contributed by atoms with van der Waals surface area (Å²) in [7, 11) is 0. The summed E-state index contributed by atoms with van der Waals surface area (Å²) in [5.74, 6) is 1.76. The summed E-state index contributed by atoms with van der Waals surface area (Å²) in [6, 6.07) is 0.342. The molecule has 2 N–H and O–H groups in total. The molecule has 3 heteroatoms. The number of piperidine rings is 1. The van der Waals surface area contributed by atoms with E-state index in [1.807, 2.05) is 0 Å². The zero-order valence-electron chi connectivity index (χ0n) is 10.5. The van der Waals surface area contributed by atoms with Crippen LogP contribution in [0, 0.1) is 17.8 Å². The van der Waals surface area contributed by atoms with E-state index in [1.54, 1.807) is 0 Å². The summed E-state index contributed by atoms with van der Waals surface area (Å²) in [6.07, 6.45) is 4.70. The monoisotopic (exact) mass is 224 g/mol. The lowest BCUT2D eigenvalue weighted by atomic mass is 9.92. The van der Waals surface area contributed by atoms with Crippen molar-refractivity contribution >= 4 is 5.91 Å². The van der Waals surface area contributed by atoms with Gasteiger partial charge in [0.05, 0.1) is 0 Å². The maximum Gasteiger partial charge on any atom is 0.223 e. The summed E-state index contributed by atoms with van der Waals surface area (Å²) in [4.78, 5) is 12.1. The molecule has 4 unspecified atom stereocenters. The molecule has 1 amide bonds. The fraction of sp³-hybridized carbons (Fsp3) is 0.923. The second-order valence-corrected chi connectivity index (χ2v) is 5.60. The van der Waals surface area contributed by atoms with E-state index in [0.717, 1.165) is 19.5 Å². The Balaban J connectivity index is 1.86. The van der Waals surface area contributed by atoms with Crippen LogP contribution in [0.1, 0.15) is 39.5 Å². The zero-order chi connectivity index (χ0) is 11.5. The van der Waals surface area contributed by atoms with Gasteiger partial charge in [-0.05, 0) is 37.6 Å². The van der Waals surface area contributed by atoms with Gasteiger partial charge in [0.15, 0.2) is 0 Å². The number of hydrogen-bond acceptors (Lipinski definition) is 2. The molecule has 0 aromatic rings. The Kier molecular flexibility index (Phi) is 3.85. The van der Waals surface area contributed by atoms with Crippen LogP contribution in [0.15, 0.2) is 0 Å². The van der Waals surface area contributed by atoms with Crippen molar-refractivity contribution in [3.05, 3.63) is 0 Å². The molecule has 16 heavy (non-hydrogen) atoms. The van der Waals surface area contributed by atoms with Crippen molar-refractivity contribution in [3.8, 4) is 0 Å². The molecule has 0 bridgehead atoms. The molecule has 2 fully saturated rings. The highest BCUT2D eigenvalue weighted by molar-refractivity contribution is 5.79. The topological polar surface area (TPSA) is 41.1 Å². The third kappa shape index (κ3) is 2.57.